The van der Waals surface area contributed by atoms with Crippen LogP contribution >= 0.6 is 0 Å². The molecule has 2 aromatic carbocycles. The van der Waals surface area contributed by atoms with Crippen LogP contribution in [0.15, 0.2) is 54.7 Å². The van der Waals surface area contributed by atoms with Crippen molar-refractivity contribution in [2.75, 3.05) is 18.4 Å². The lowest BCUT2D eigenvalue weighted by molar-refractivity contribution is -0.121. The van der Waals surface area contributed by atoms with E-state index in [1.54, 1.807) is 12.1 Å². The van der Waals surface area contributed by atoms with Crippen molar-refractivity contribution in [2.24, 2.45) is 11.8 Å². The third-order valence-electron chi connectivity index (χ3n) is 7.76. The smallest absolute Gasteiger partial charge is 0.227 e. The van der Waals surface area contributed by atoms with Crippen molar-refractivity contribution < 1.29 is 13.9 Å². The highest BCUT2D eigenvalue weighted by molar-refractivity contribution is 5.92. The number of halogens is 1. The van der Waals surface area contributed by atoms with Crippen molar-refractivity contribution in [3.05, 3.63) is 66.1 Å². The Kier molecular flexibility index (Phi) is 7.28. The number of carbonyl (C=O) groups is 1. The van der Waals surface area contributed by atoms with Crippen LogP contribution in [-0.2, 0) is 4.79 Å². The number of hydrogen-bond acceptors (Lipinski definition) is 4. The summed E-state index contributed by atoms with van der Waals surface area (Å²) >= 11 is 0. The summed E-state index contributed by atoms with van der Waals surface area (Å²) in [5, 5.41) is 7.37. The molecule has 35 heavy (non-hydrogen) atoms. The van der Waals surface area contributed by atoms with Crippen molar-refractivity contribution in [1.29, 1.82) is 0 Å². The van der Waals surface area contributed by atoms with E-state index < -0.39 is 0 Å². The highest BCUT2D eigenvalue weighted by Gasteiger charge is 2.30. The van der Waals surface area contributed by atoms with E-state index in [0.717, 1.165) is 74.0 Å². The van der Waals surface area contributed by atoms with Crippen molar-refractivity contribution in [3.8, 4) is 5.75 Å². The van der Waals surface area contributed by atoms with Gasteiger partial charge >= 0.3 is 0 Å². The zero-order valence-electron chi connectivity index (χ0n) is 20.3. The predicted molar refractivity (Wildman–Crippen MR) is 137 cm³/mol. The number of anilines is 1. The Balaban J connectivity index is 1.18. The maximum atomic E-state index is 13.9. The van der Waals surface area contributed by atoms with Crippen LogP contribution < -0.4 is 15.4 Å². The minimum atomic E-state index is -0.226. The van der Waals surface area contributed by atoms with Gasteiger partial charge in [-0.1, -0.05) is 13.0 Å². The summed E-state index contributed by atoms with van der Waals surface area (Å²) in [5.41, 5.74) is 2.80. The molecule has 2 N–H and O–H groups in total. The average Bonchev–Trinajstić information content (AvgIpc) is 2.89. The van der Waals surface area contributed by atoms with E-state index >= 15 is 0 Å². The summed E-state index contributed by atoms with van der Waals surface area (Å²) in [6.07, 6.45) is 8.01. The standard InChI is InChI=1S/C29H34FN3O2/c1-19(29(34)33-23-3-2-4-25(18-23)35-24-11-14-31-15-12-24)20-5-7-21(8-6-20)26-13-16-32-28-10-9-22(30)17-27(26)28/h2-4,9-10,13,16-21,24,31H,5-8,11-12,14-15H2,1H3,(H,33,34)/t19-,20?,21?/m1/s1. The molecule has 184 valence electrons. The van der Waals surface area contributed by atoms with Crippen LogP contribution in [0.2, 0.25) is 0 Å². The Labute approximate surface area is 206 Å². The Hall–Kier alpha value is -2.99. The first-order valence-electron chi connectivity index (χ1n) is 12.9. The molecule has 2 fully saturated rings. The number of ether oxygens (including phenoxy) is 1. The number of carbonyl (C=O) groups excluding carboxylic acids is 1. The van der Waals surface area contributed by atoms with E-state index in [-0.39, 0.29) is 23.7 Å². The Morgan fingerprint density at radius 2 is 1.86 bits per heavy atom. The van der Waals surface area contributed by atoms with Gasteiger partial charge in [0.1, 0.15) is 17.7 Å². The molecule has 3 aromatic rings. The number of pyridine rings is 1. The van der Waals surface area contributed by atoms with Crippen LogP contribution in [0.4, 0.5) is 10.1 Å². The topological polar surface area (TPSA) is 63.2 Å². The fourth-order valence-electron chi connectivity index (χ4n) is 5.65. The van der Waals surface area contributed by atoms with Crippen molar-refractivity contribution in [2.45, 2.75) is 57.5 Å². The van der Waals surface area contributed by atoms with Gasteiger partial charge in [-0.2, -0.15) is 0 Å². The lowest BCUT2D eigenvalue weighted by atomic mass is 9.73. The van der Waals surface area contributed by atoms with Crippen LogP contribution in [0.1, 0.15) is 56.9 Å². The summed E-state index contributed by atoms with van der Waals surface area (Å²) in [5.74, 6) is 1.28. The molecule has 1 aliphatic heterocycles. The summed E-state index contributed by atoms with van der Waals surface area (Å²) in [6.45, 7) is 4.00. The van der Waals surface area contributed by atoms with E-state index in [0.29, 0.717) is 11.8 Å². The maximum absolute atomic E-state index is 13.9. The van der Waals surface area contributed by atoms with Crippen LogP contribution in [0.25, 0.3) is 10.9 Å². The predicted octanol–water partition coefficient (Wildman–Crippen LogP) is 6.05. The minimum Gasteiger partial charge on any atom is -0.490 e. The molecule has 1 aromatic heterocycles. The fraction of sp³-hybridized carbons (Fsp3) is 0.448. The van der Waals surface area contributed by atoms with Crippen molar-refractivity contribution >= 4 is 22.5 Å². The quantitative estimate of drug-likeness (QED) is 0.455. The lowest BCUT2D eigenvalue weighted by Gasteiger charge is -2.32. The van der Waals surface area contributed by atoms with E-state index in [4.69, 9.17) is 4.74 Å². The maximum Gasteiger partial charge on any atom is 0.227 e. The van der Waals surface area contributed by atoms with Gasteiger partial charge in [0.25, 0.3) is 0 Å². The lowest BCUT2D eigenvalue weighted by Crippen LogP contribution is -2.34. The minimum absolute atomic E-state index is 0.0592. The van der Waals surface area contributed by atoms with Gasteiger partial charge in [-0.3, -0.25) is 9.78 Å². The number of rotatable bonds is 6. The normalized spacial score (nSPS) is 22.0. The van der Waals surface area contributed by atoms with Crippen molar-refractivity contribution in [3.63, 3.8) is 0 Å². The number of fused-ring (bicyclic) bond motifs is 1. The zero-order valence-corrected chi connectivity index (χ0v) is 20.3. The van der Waals surface area contributed by atoms with Gasteiger partial charge in [0.15, 0.2) is 0 Å². The SMILES string of the molecule is C[C@@H](C(=O)Nc1cccc(OC2CCNCC2)c1)C1CCC(c2ccnc3ccc(F)cc23)CC1. The van der Waals surface area contributed by atoms with Gasteiger partial charge in [0.05, 0.1) is 5.52 Å². The highest BCUT2D eigenvalue weighted by Crippen LogP contribution is 2.41. The average molecular weight is 476 g/mol. The second-order valence-electron chi connectivity index (χ2n) is 10.0. The summed E-state index contributed by atoms with van der Waals surface area (Å²) in [6, 6.07) is 14.6. The van der Waals surface area contributed by atoms with Gasteiger partial charge in [-0.15, -0.1) is 0 Å². The highest BCUT2D eigenvalue weighted by atomic mass is 19.1. The molecule has 0 unspecified atom stereocenters. The Morgan fingerprint density at radius 3 is 2.66 bits per heavy atom. The number of amides is 1. The molecule has 1 amide bonds. The number of piperidine rings is 1. The van der Waals surface area contributed by atoms with Gasteiger partial charge < -0.3 is 15.4 Å². The van der Waals surface area contributed by atoms with Crippen LogP contribution in [0.3, 0.4) is 0 Å². The van der Waals surface area contributed by atoms with Crippen LogP contribution in [-0.4, -0.2) is 30.1 Å². The fourth-order valence-corrected chi connectivity index (χ4v) is 5.65. The molecule has 1 saturated carbocycles. The molecule has 5 nitrogen and oxygen atoms in total. The second-order valence-corrected chi connectivity index (χ2v) is 10.0. The molecule has 0 bridgehead atoms. The van der Waals surface area contributed by atoms with Gasteiger partial charge in [0.2, 0.25) is 5.91 Å². The third kappa shape index (κ3) is 5.64. The molecule has 6 heteroatoms. The molecule has 0 spiro atoms. The number of hydrogen-bond donors (Lipinski definition) is 2. The molecule has 1 atom stereocenters. The molecule has 2 aliphatic rings. The summed E-state index contributed by atoms with van der Waals surface area (Å²) in [7, 11) is 0. The van der Waals surface area contributed by atoms with E-state index in [2.05, 4.69) is 15.6 Å². The summed E-state index contributed by atoms with van der Waals surface area (Å²) in [4.78, 5) is 17.5. The summed E-state index contributed by atoms with van der Waals surface area (Å²) < 4.78 is 20.0. The largest absolute Gasteiger partial charge is 0.490 e. The van der Waals surface area contributed by atoms with Gasteiger partial charge in [-0.25, -0.2) is 4.39 Å². The second kappa shape index (κ2) is 10.7. The first-order chi connectivity index (χ1) is 17.1. The molecule has 2 heterocycles. The Bertz CT molecular complexity index is 1170. The third-order valence-corrected chi connectivity index (χ3v) is 7.76. The van der Waals surface area contributed by atoms with E-state index in [1.165, 1.54) is 11.6 Å². The first-order valence-corrected chi connectivity index (χ1v) is 12.9. The van der Waals surface area contributed by atoms with E-state index in [9.17, 15) is 9.18 Å². The van der Waals surface area contributed by atoms with Crippen molar-refractivity contribution in [1.82, 2.24) is 10.3 Å². The van der Waals surface area contributed by atoms with Crippen LogP contribution in [0.5, 0.6) is 5.75 Å². The number of aromatic nitrogens is 1. The molecular weight excluding hydrogens is 441 g/mol. The van der Waals surface area contributed by atoms with E-state index in [1.807, 2.05) is 43.5 Å². The molecule has 5 rings (SSSR count). The number of nitrogens with one attached hydrogen (secondary N) is 2. The molecular formula is C29H34FN3O2. The number of nitrogens with zero attached hydrogens (tertiary/aromatic N) is 1. The number of benzene rings is 2. The molecule has 1 saturated heterocycles. The zero-order chi connectivity index (χ0) is 24.2. The van der Waals surface area contributed by atoms with Gasteiger partial charge in [-0.05, 0) is 105 Å². The molecule has 0 radical (unpaired) electrons. The monoisotopic (exact) mass is 475 g/mol. The Morgan fingerprint density at radius 1 is 1.06 bits per heavy atom. The van der Waals surface area contributed by atoms with Crippen LogP contribution in [0, 0.1) is 17.7 Å². The molecule has 1 aliphatic carbocycles. The first kappa shape index (κ1) is 23.7. The van der Waals surface area contributed by atoms with Gasteiger partial charge in [0, 0.05) is 29.3 Å².